The van der Waals surface area contributed by atoms with E-state index < -0.39 is 0 Å². The molecular formula is C13H22N2. The summed E-state index contributed by atoms with van der Waals surface area (Å²) in [6.45, 7) is 9.57. The SMILES string of the molecule is CCCNCCNc1cc(C)cc(C)c1. The van der Waals surface area contributed by atoms with Crippen LogP contribution in [0.15, 0.2) is 18.2 Å². The van der Waals surface area contributed by atoms with Crippen LogP contribution in [0, 0.1) is 13.8 Å². The second-order valence-electron chi connectivity index (χ2n) is 4.05. The summed E-state index contributed by atoms with van der Waals surface area (Å²) in [5.41, 5.74) is 3.86. The van der Waals surface area contributed by atoms with Crippen LogP contribution < -0.4 is 10.6 Å². The predicted octanol–water partition coefficient (Wildman–Crippen LogP) is 2.71. The van der Waals surface area contributed by atoms with E-state index in [1.54, 1.807) is 0 Å². The molecule has 0 saturated carbocycles. The number of nitrogens with one attached hydrogen (secondary N) is 2. The zero-order chi connectivity index (χ0) is 11.1. The predicted molar refractivity (Wildman–Crippen MR) is 67.6 cm³/mol. The Morgan fingerprint density at radius 2 is 1.60 bits per heavy atom. The molecule has 2 nitrogen and oxygen atoms in total. The summed E-state index contributed by atoms with van der Waals surface area (Å²) in [5, 5.41) is 6.79. The molecule has 0 unspecified atom stereocenters. The van der Waals surface area contributed by atoms with Crippen LogP contribution in [-0.2, 0) is 0 Å². The van der Waals surface area contributed by atoms with Crippen LogP contribution in [0.4, 0.5) is 5.69 Å². The Kier molecular flexibility index (Phi) is 5.19. The summed E-state index contributed by atoms with van der Waals surface area (Å²) >= 11 is 0. The lowest BCUT2D eigenvalue weighted by Crippen LogP contribution is -2.22. The smallest absolute Gasteiger partial charge is 0.0345 e. The van der Waals surface area contributed by atoms with Crippen LogP contribution in [0.5, 0.6) is 0 Å². The first kappa shape index (κ1) is 12.1. The third kappa shape index (κ3) is 4.84. The fraction of sp³-hybridized carbons (Fsp3) is 0.538. The highest BCUT2D eigenvalue weighted by atomic mass is 14.9. The number of benzene rings is 1. The van der Waals surface area contributed by atoms with E-state index in [0.717, 1.165) is 19.6 Å². The summed E-state index contributed by atoms with van der Waals surface area (Å²) in [5.74, 6) is 0. The molecule has 0 aliphatic carbocycles. The molecule has 0 aromatic heterocycles. The lowest BCUT2D eigenvalue weighted by Gasteiger charge is -2.09. The zero-order valence-corrected chi connectivity index (χ0v) is 10.1. The highest BCUT2D eigenvalue weighted by molar-refractivity contribution is 5.48. The van der Waals surface area contributed by atoms with Crippen molar-refractivity contribution in [1.29, 1.82) is 0 Å². The molecule has 0 fully saturated rings. The van der Waals surface area contributed by atoms with Gasteiger partial charge in [-0.15, -0.1) is 0 Å². The van der Waals surface area contributed by atoms with Gasteiger partial charge in [-0.2, -0.15) is 0 Å². The molecule has 0 aliphatic heterocycles. The van der Waals surface area contributed by atoms with Crippen LogP contribution in [0.25, 0.3) is 0 Å². The van der Waals surface area contributed by atoms with E-state index in [1.807, 2.05) is 0 Å². The van der Waals surface area contributed by atoms with E-state index in [2.05, 4.69) is 49.6 Å². The standard InChI is InChI=1S/C13H22N2/c1-4-5-14-6-7-15-13-9-11(2)8-12(3)10-13/h8-10,14-15H,4-7H2,1-3H3. The number of aryl methyl sites for hydroxylation is 2. The van der Waals surface area contributed by atoms with Crippen molar-refractivity contribution in [2.75, 3.05) is 25.0 Å². The molecule has 15 heavy (non-hydrogen) atoms. The van der Waals surface area contributed by atoms with Gasteiger partial charge in [-0.05, 0) is 50.1 Å². The molecule has 0 aliphatic rings. The largest absolute Gasteiger partial charge is 0.384 e. The van der Waals surface area contributed by atoms with Gasteiger partial charge in [0.25, 0.3) is 0 Å². The molecule has 2 N–H and O–H groups in total. The molecule has 0 amide bonds. The normalized spacial score (nSPS) is 10.3. The second-order valence-corrected chi connectivity index (χ2v) is 4.05. The second kappa shape index (κ2) is 6.46. The van der Waals surface area contributed by atoms with E-state index in [-0.39, 0.29) is 0 Å². The summed E-state index contributed by atoms with van der Waals surface area (Å²) in [7, 11) is 0. The maximum atomic E-state index is 3.42. The van der Waals surface area contributed by atoms with Gasteiger partial charge in [-0.25, -0.2) is 0 Å². The van der Waals surface area contributed by atoms with Crippen molar-refractivity contribution in [3.8, 4) is 0 Å². The minimum Gasteiger partial charge on any atom is -0.384 e. The van der Waals surface area contributed by atoms with Crippen LogP contribution in [0.1, 0.15) is 24.5 Å². The van der Waals surface area contributed by atoms with Gasteiger partial charge in [-0.3, -0.25) is 0 Å². The summed E-state index contributed by atoms with van der Waals surface area (Å²) in [4.78, 5) is 0. The van der Waals surface area contributed by atoms with E-state index >= 15 is 0 Å². The van der Waals surface area contributed by atoms with E-state index in [0.29, 0.717) is 0 Å². The molecule has 0 heterocycles. The maximum Gasteiger partial charge on any atom is 0.0345 e. The molecule has 0 atom stereocenters. The molecule has 1 rings (SSSR count). The average Bonchev–Trinajstić information content (AvgIpc) is 2.16. The van der Waals surface area contributed by atoms with Crippen molar-refractivity contribution >= 4 is 5.69 Å². The lowest BCUT2D eigenvalue weighted by molar-refractivity contribution is 0.688. The number of anilines is 1. The summed E-state index contributed by atoms with van der Waals surface area (Å²) in [6, 6.07) is 6.57. The Morgan fingerprint density at radius 3 is 2.20 bits per heavy atom. The van der Waals surface area contributed by atoms with Crippen molar-refractivity contribution < 1.29 is 0 Å². The van der Waals surface area contributed by atoms with Crippen LogP contribution in [-0.4, -0.2) is 19.6 Å². The first-order valence-electron chi connectivity index (χ1n) is 5.75. The fourth-order valence-corrected chi connectivity index (χ4v) is 1.67. The molecular weight excluding hydrogens is 184 g/mol. The number of hydrogen-bond acceptors (Lipinski definition) is 2. The Labute approximate surface area is 93.1 Å². The highest BCUT2D eigenvalue weighted by Crippen LogP contribution is 2.12. The molecule has 84 valence electrons. The van der Waals surface area contributed by atoms with Crippen molar-refractivity contribution in [2.45, 2.75) is 27.2 Å². The molecule has 2 heteroatoms. The third-order valence-electron chi connectivity index (χ3n) is 2.28. The molecule has 0 radical (unpaired) electrons. The van der Waals surface area contributed by atoms with Gasteiger partial charge in [0.05, 0.1) is 0 Å². The van der Waals surface area contributed by atoms with E-state index in [9.17, 15) is 0 Å². The minimum absolute atomic E-state index is 0.989. The first-order valence-corrected chi connectivity index (χ1v) is 5.75. The maximum absolute atomic E-state index is 3.42. The highest BCUT2D eigenvalue weighted by Gasteiger charge is 1.94. The Hall–Kier alpha value is -1.02. The monoisotopic (exact) mass is 206 g/mol. The summed E-state index contributed by atoms with van der Waals surface area (Å²) < 4.78 is 0. The quantitative estimate of drug-likeness (QED) is 0.699. The Morgan fingerprint density at radius 1 is 0.933 bits per heavy atom. The average molecular weight is 206 g/mol. The summed E-state index contributed by atoms with van der Waals surface area (Å²) in [6.07, 6.45) is 1.20. The number of rotatable bonds is 6. The van der Waals surface area contributed by atoms with E-state index in [1.165, 1.54) is 23.2 Å². The van der Waals surface area contributed by atoms with Crippen molar-refractivity contribution in [2.24, 2.45) is 0 Å². The lowest BCUT2D eigenvalue weighted by atomic mass is 10.1. The van der Waals surface area contributed by atoms with Gasteiger partial charge in [0.15, 0.2) is 0 Å². The van der Waals surface area contributed by atoms with Gasteiger partial charge in [0, 0.05) is 18.8 Å². The Balaban J connectivity index is 2.31. The van der Waals surface area contributed by atoms with Crippen LogP contribution in [0.2, 0.25) is 0 Å². The van der Waals surface area contributed by atoms with Crippen LogP contribution >= 0.6 is 0 Å². The Bertz CT molecular complexity index is 274. The molecule has 1 aromatic carbocycles. The number of hydrogen-bond donors (Lipinski definition) is 2. The van der Waals surface area contributed by atoms with Crippen LogP contribution in [0.3, 0.4) is 0 Å². The molecule has 1 aromatic rings. The zero-order valence-electron chi connectivity index (χ0n) is 10.1. The third-order valence-corrected chi connectivity index (χ3v) is 2.28. The van der Waals surface area contributed by atoms with E-state index in [4.69, 9.17) is 0 Å². The molecule has 0 bridgehead atoms. The van der Waals surface area contributed by atoms with Crippen molar-refractivity contribution in [1.82, 2.24) is 5.32 Å². The topological polar surface area (TPSA) is 24.1 Å². The van der Waals surface area contributed by atoms with Gasteiger partial charge in [-0.1, -0.05) is 13.0 Å². The van der Waals surface area contributed by atoms with Gasteiger partial charge in [0.2, 0.25) is 0 Å². The van der Waals surface area contributed by atoms with Gasteiger partial charge >= 0.3 is 0 Å². The molecule has 0 saturated heterocycles. The minimum atomic E-state index is 0.989. The van der Waals surface area contributed by atoms with Crippen molar-refractivity contribution in [3.63, 3.8) is 0 Å². The first-order chi connectivity index (χ1) is 7.22. The van der Waals surface area contributed by atoms with Gasteiger partial charge < -0.3 is 10.6 Å². The van der Waals surface area contributed by atoms with Crippen molar-refractivity contribution in [3.05, 3.63) is 29.3 Å². The van der Waals surface area contributed by atoms with Gasteiger partial charge in [0.1, 0.15) is 0 Å². The fourth-order valence-electron chi connectivity index (χ4n) is 1.67. The molecule has 0 spiro atoms.